The Morgan fingerprint density at radius 2 is 2.00 bits per heavy atom. The highest BCUT2D eigenvalue weighted by atomic mass is 32.2. The molecule has 0 saturated carbocycles. The average molecular weight is 249 g/mol. The number of hydrogen-bond acceptors (Lipinski definition) is 5. The minimum atomic E-state index is -0.587. The van der Waals surface area contributed by atoms with Gasteiger partial charge in [0.05, 0.1) is 11.1 Å². The first-order valence-electron chi connectivity index (χ1n) is 5.29. The summed E-state index contributed by atoms with van der Waals surface area (Å²) in [7, 11) is 0. The molecular formula is C12H15N3OS. The molecule has 0 unspecified atom stereocenters. The van der Waals surface area contributed by atoms with Crippen molar-refractivity contribution in [2.45, 2.75) is 24.3 Å². The molecule has 0 radical (unpaired) electrons. The second kappa shape index (κ2) is 4.50. The monoisotopic (exact) mass is 249 g/mol. The first-order chi connectivity index (χ1) is 8.02. The van der Waals surface area contributed by atoms with Gasteiger partial charge in [0, 0.05) is 4.90 Å². The van der Waals surface area contributed by atoms with Gasteiger partial charge in [-0.05, 0) is 32.2 Å². The molecule has 17 heavy (non-hydrogen) atoms. The zero-order chi connectivity index (χ0) is 12.5. The Kier molecular flexibility index (Phi) is 3.22. The van der Waals surface area contributed by atoms with E-state index in [2.05, 4.69) is 10.1 Å². The van der Waals surface area contributed by atoms with Crippen LogP contribution in [0.5, 0.6) is 0 Å². The van der Waals surface area contributed by atoms with E-state index >= 15 is 0 Å². The van der Waals surface area contributed by atoms with Crippen LogP contribution in [0.25, 0.3) is 11.5 Å². The van der Waals surface area contributed by atoms with E-state index in [1.165, 1.54) is 0 Å². The Morgan fingerprint density at radius 3 is 2.59 bits per heavy atom. The average Bonchev–Trinajstić information content (AvgIpc) is 2.77. The quantitative estimate of drug-likeness (QED) is 0.847. The van der Waals surface area contributed by atoms with Gasteiger partial charge in [-0.3, -0.25) is 0 Å². The lowest BCUT2D eigenvalue weighted by Gasteiger charge is -2.11. The van der Waals surface area contributed by atoms with Gasteiger partial charge in [0.15, 0.2) is 5.82 Å². The second-order valence-electron chi connectivity index (χ2n) is 4.35. The van der Waals surface area contributed by atoms with E-state index in [1.54, 1.807) is 11.8 Å². The van der Waals surface area contributed by atoms with Crippen molar-refractivity contribution in [2.24, 2.45) is 5.73 Å². The second-order valence-corrected chi connectivity index (χ2v) is 5.19. The van der Waals surface area contributed by atoms with Crippen LogP contribution in [-0.4, -0.2) is 16.4 Å². The molecule has 0 aliphatic heterocycles. The molecule has 0 fully saturated rings. The largest absolute Gasteiger partial charge is 0.334 e. The van der Waals surface area contributed by atoms with Gasteiger partial charge in [-0.25, -0.2) is 0 Å². The van der Waals surface area contributed by atoms with Gasteiger partial charge in [-0.15, -0.1) is 11.8 Å². The van der Waals surface area contributed by atoms with Crippen molar-refractivity contribution in [1.82, 2.24) is 10.1 Å². The Hall–Kier alpha value is -1.33. The molecule has 1 aromatic carbocycles. The van der Waals surface area contributed by atoms with Crippen LogP contribution >= 0.6 is 11.8 Å². The molecule has 0 atom stereocenters. The number of thioether (sulfide) groups is 1. The maximum Gasteiger partial charge on any atom is 0.259 e. The molecule has 4 nitrogen and oxygen atoms in total. The molecule has 1 heterocycles. The molecule has 0 saturated heterocycles. The molecule has 5 heteroatoms. The number of nitrogens with zero attached hydrogens (tertiary/aromatic N) is 2. The molecule has 0 aliphatic carbocycles. The van der Waals surface area contributed by atoms with E-state index in [-0.39, 0.29) is 0 Å². The molecule has 0 amide bonds. The van der Waals surface area contributed by atoms with Crippen LogP contribution in [0.4, 0.5) is 0 Å². The van der Waals surface area contributed by atoms with Crippen molar-refractivity contribution < 1.29 is 4.52 Å². The Balaban J connectivity index is 2.44. The van der Waals surface area contributed by atoms with Crippen molar-refractivity contribution >= 4 is 11.8 Å². The lowest BCUT2D eigenvalue weighted by atomic mass is 10.1. The van der Waals surface area contributed by atoms with Crippen molar-refractivity contribution in [1.29, 1.82) is 0 Å². The smallest absolute Gasteiger partial charge is 0.259 e. The minimum absolute atomic E-state index is 0.517. The third-order valence-electron chi connectivity index (χ3n) is 2.34. The van der Waals surface area contributed by atoms with E-state index < -0.39 is 5.54 Å². The van der Waals surface area contributed by atoms with Crippen LogP contribution in [0, 0.1) is 0 Å². The summed E-state index contributed by atoms with van der Waals surface area (Å²) in [5.41, 5.74) is 6.29. The summed E-state index contributed by atoms with van der Waals surface area (Å²) in [5, 5.41) is 3.92. The topological polar surface area (TPSA) is 64.9 Å². The highest BCUT2D eigenvalue weighted by Crippen LogP contribution is 2.29. The van der Waals surface area contributed by atoms with Crippen molar-refractivity contribution in [3.63, 3.8) is 0 Å². The van der Waals surface area contributed by atoms with E-state index in [4.69, 9.17) is 10.3 Å². The summed E-state index contributed by atoms with van der Waals surface area (Å²) in [4.78, 5) is 5.45. The van der Waals surface area contributed by atoms with Crippen LogP contribution < -0.4 is 5.73 Å². The van der Waals surface area contributed by atoms with Crippen LogP contribution in [0.15, 0.2) is 33.7 Å². The van der Waals surface area contributed by atoms with Crippen LogP contribution in [0.1, 0.15) is 19.7 Å². The van der Waals surface area contributed by atoms with Gasteiger partial charge in [-0.2, -0.15) is 4.98 Å². The fraction of sp³-hybridized carbons (Fsp3) is 0.333. The summed E-state index contributed by atoms with van der Waals surface area (Å²) in [5.74, 6) is 1.03. The van der Waals surface area contributed by atoms with Gasteiger partial charge >= 0.3 is 0 Å². The fourth-order valence-corrected chi connectivity index (χ4v) is 2.01. The van der Waals surface area contributed by atoms with Gasteiger partial charge in [0.25, 0.3) is 5.89 Å². The molecule has 0 aliphatic rings. The molecule has 2 rings (SSSR count). The van der Waals surface area contributed by atoms with Crippen molar-refractivity contribution in [3.8, 4) is 11.5 Å². The number of nitrogens with two attached hydrogens (primary N) is 1. The van der Waals surface area contributed by atoms with Gasteiger partial charge in [0.2, 0.25) is 0 Å². The third-order valence-corrected chi connectivity index (χ3v) is 3.14. The third kappa shape index (κ3) is 2.50. The van der Waals surface area contributed by atoms with E-state index in [1.807, 2.05) is 44.4 Å². The van der Waals surface area contributed by atoms with Gasteiger partial charge in [0.1, 0.15) is 0 Å². The van der Waals surface area contributed by atoms with Crippen molar-refractivity contribution in [2.75, 3.05) is 6.26 Å². The van der Waals surface area contributed by atoms with Crippen LogP contribution in [0.3, 0.4) is 0 Å². The van der Waals surface area contributed by atoms with Crippen LogP contribution in [0.2, 0.25) is 0 Å². The molecular weight excluding hydrogens is 234 g/mol. The molecule has 0 bridgehead atoms. The molecule has 2 N–H and O–H groups in total. The summed E-state index contributed by atoms with van der Waals surface area (Å²) >= 11 is 1.65. The summed E-state index contributed by atoms with van der Waals surface area (Å²) in [6, 6.07) is 7.93. The first-order valence-corrected chi connectivity index (χ1v) is 6.51. The lowest BCUT2D eigenvalue weighted by molar-refractivity contribution is 0.396. The summed E-state index contributed by atoms with van der Waals surface area (Å²) in [6.07, 6.45) is 2.02. The summed E-state index contributed by atoms with van der Waals surface area (Å²) < 4.78 is 5.27. The highest BCUT2D eigenvalue weighted by Gasteiger charge is 2.22. The van der Waals surface area contributed by atoms with Gasteiger partial charge < -0.3 is 10.3 Å². The number of hydrogen-bond donors (Lipinski definition) is 1. The Labute approximate surface area is 105 Å². The Bertz CT molecular complexity index is 516. The van der Waals surface area contributed by atoms with Gasteiger partial charge in [-0.1, -0.05) is 17.3 Å². The maximum atomic E-state index is 5.93. The normalized spacial score (nSPS) is 11.8. The Morgan fingerprint density at radius 1 is 1.29 bits per heavy atom. The molecule has 1 aromatic heterocycles. The van der Waals surface area contributed by atoms with E-state index in [0.29, 0.717) is 11.7 Å². The number of benzene rings is 1. The van der Waals surface area contributed by atoms with E-state index in [0.717, 1.165) is 10.5 Å². The zero-order valence-electron chi connectivity index (χ0n) is 10.1. The first kappa shape index (κ1) is 12.1. The highest BCUT2D eigenvalue weighted by molar-refractivity contribution is 7.98. The predicted octanol–water partition coefficient (Wildman–Crippen LogP) is 2.65. The maximum absolute atomic E-state index is 5.93. The van der Waals surface area contributed by atoms with Crippen LogP contribution in [-0.2, 0) is 5.54 Å². The predicted molar refractivity (Wildman–Crippen MR) is 68.7 cm³/mol. The standard InChI is InChI=1S/C12H15N3OS/c1-12(2,13)11-14-10(16-15-11)8-6-4-5-7-9(8)17-3/h4-7H,13H2,1-3H3. The van der Waals surface area contributed by atoms with Crippen molar-refractivity contribution in [3.05, 3.63) is 30.1 Å². The molecule has 2 aromatic rings. The lowest BCUT2D eigenvalue weighted by Crippen LogP contribution is -2.30. The van der Waals surface area contributed by atoms with E-state index in [9.17, 15) is 0 Å². The SMILES string of the molecule is CSc1ccccc1-c1nc(C(C)(C)N)no1. The zero-order valence-corrected chi connectivity index (χ0v) is 10.9. The summed E-state index contributed by atoms with van der Waals surface area (Å²) in [6.45, 7) is 3.70. The number of rotatable bonds is 3. The fourth-order valence-electron chi connectivity index (χ4n) is 1.42. The minimum Gasteiger partial charge on any atom is -0.334 e. The molecule has 90 valence electrons. The molecule has 0 spiro atoms. The number of aromatic nitrogens is 2.